The van der Waals surface area contributed by atoms with Gasteiger partial charge in [0.25, 0.3) is 0 Å². The summed E-state index contributed by atoms with van der Waals surface area (Å²) in [5.74, 6) is 0. The van der Waals surface area contributed by atoms with E-state index in [1.807, 2.05) is 6.92 Å². The molecule has 0 amide bonds. The van der Waals surface area contributed by atoms with Gasteiger partial charge < -0.3 is 0 Å². The Balaban J connectivity index is 3.67. The van der Waals surface area contributed by atoms with Gasteiger partial charge in [-0.05, 0) is 19.3 Å². The van der Waals surface area contributed by atoms with Gasteiger partial charge in [-0.2, -0.15) is 0 Å². The van der Waals surface area contributed by atoms with Crippen molar-refractivity contribution < 1.29 is 9.59 Å². The van der Waals surface area contributed by atoms with E-state index in [9.17, 15) is 9.59 Å². The summed E-state index contributed by atoms with van der Waals surface area (Å²) in [7, 11) is 0. The van der Waals surface area contributed by atoms with Crippen LogP contribution in [0.3, 0.4) is 0 Å². The van der Waals surface area contributed by atoms with E-state index in [0.717, 1.165) is 25.7 Å². The van der Waals surface area contributed by atoms with Crippen LogP contribution >= 0.6 is 0 Å². The SMILES string of the molecule is CCCC(CCCN=C=O)N=C=O. The van der Waals surface area contributed by atoms with E-state index < -0.39 is 0 Å². The summed E-state index contributed by atoms with van der Waals surface area (Å²) >= 11 is 0. The quantitative estimate of drug-likeness (QED) is 0.341. The first kappa shape index (κ1) is 11.8. The molecular formula is C9H14N2O2. The van der Waals surface area contributed by atoms with Crippen LogP contribution in [0.4, 0.5) is 0 Å². The maximum atomic E-state index is 10.0. The molecule has 0 saturated heterocycles. The number of carbonyl (C=O) groups excluding carboxylic acids is 2. The van der Waals surface area contributed by atoms with Gasteiger partial charge in [0.2, 0.25) is 12.2 Å². The van der Waals surface area contributed by atoms with Gasteiger partial charge in [-0.25, -0.2) is 19.6 Å². The lowest BCUT2D eigenvalue weighted by Gasteiger charge is -2.06. The molecule has 0 aliphatic carbocycles. The second-order valence-electron chi connectivity index (χ2n) is 2.78. The number of hydrogen-bond acceptors (Lipinski definition) is 4. The van der Waals surface area contributed by atoms with Crippen molar-refractivity contribution in [2.75, 3.05) is 6.54 Å². The molecule has 0 aliphatic rings. The largest absolute Gasteiger partial charge is 0.235 e. The van der Waals surface area contributed by atoms with Crippen molar-refractivity contribution in [3.8, 4) is 0 Å². The van der Waals surface area contributed by atoms with Crippen molar-refractivity contribution in [3.63, 3.8) is 0 Å². The topological polar surface area (TPSA) is 58.9 Å². The highest BCUT2D eigenvalue weighted by molar-refractivity contribution is 5.33. The van der Waals surface area contributed by atoms with Gasteiger partial charge in [-0.3, -0.25) is 0 Å². The van der Waals surface area contributed by atoms with E-state index in [0.29, 0.717) is 6.54 Å². The maximum absolute atomic E-state index is 10.0. The molecule has 0 aromatic heterocycles. The molecule has 0 spiro atoms. The minimum absolute atomic E-state index is 0.0457. The lowest BCUT2D eigenvalue weighted by molar-refractivity contribution is 0.522. The van der Waals surface area contributed by atoms with Crippen LogP contribution in [0.5, 0.6) is 0 Å². The molecule has 13 heavy (non-hydrogen) atoms. The molecule has 0 heterocycles. The molecule has 0 rings (SSSR count). The molecule has 0 aliphatic heterocycles. The van der Waals surface area contributed by atoms with Gasteiger partial charge in [0.1, 0.15) is 0 Å². The summed E-state index contributed by atoms with van der Waals surface area (Å²) < 4.78 is 0. The minimum atomic E-state index is 0.0457. The third kappa shape index (κ3) is 7.13. The summed E-state index contributed by atoms with van der Waals surface area (Å²) in [6.07, 6.45) is 6.47. The molecule has 4 heteroatoms. The van der Waals surface area contributed by atoms with Gasteiger partial charge in [0.15, 0.2) is 0 Å². The summed E-state index contributed by atoms with van der Waals surface area (Å²) in [6, 6.07) is 0.0457. The van der Waals surface area contributed by atoms with E-state index in [1.165, 1.54) is 6.08 Å². The molecule has 1 unspecified atom stereocenters. The first-order valence-electron chi connectivity index (χ1n) is 4.45. The van der Waals surface area contributed by atoms with Gasteiger partial charge in [-0.1, -0.05) is 13.3 Å². The Kier molecular flexibility index (Phi) is 8.01. The number of hydrogen-bond donors (Lipinski definition) is 0. The molecule has 0 fully saturated rings. The summed E-state index contributed by atoms with van der Waals surface area (Å²) in [6.45, 7) is 2.51. The van der Waals surface area contributed by atoms with Crippen molar-refractivity contribution in [1.29, 1.82) is 0 Å². The van der Waals surface area contributed by atoms with Gasteiger partial charge in [0.05, 0.1) is 12.6 Å². The molecule has 4 nitrogen and oxygen atoms in total. The van der Waals surface area contributed by atoms with E-state index in [-0.39, 0.29) is 6.04 Å². The zero-order chi connectivity index (χ0) is 9.94. The van der Waals surface area contributed by atoms with E-state index in [4.69, 9.17) is 0 Å². The average Bonchev–Trinajstić information content (AvgIpc) is 2.13. The Morgan fingerprint density at radius 2 is 2.00 bits per heavy atom. The first-order chi connectivity index (χ1) is 6.35. The zero-order valence-corrected chi connectivity index (χ0v) is 7.82. The number of rotatable bonds is 7. The lowest BCUT2D eigenvalue weighted by Crippen LogP contribution is -2.04. The summed E-state index contributed by atoms with van der Waals surface area (Å²) in [4.78, 5) is 26.8. The molecule has 0 aromatic rings. The van der Waals surface area contributed by atoms with Crippen molar-refractivity contribution in [3.05, 3.63) is 0 Å². The van der Waals surface area contributed by atoms with Crippen molar-refractivity contribution >= 4 is 12.2 Å². The normalized spacial score (nSPS) is 11.2. The van der Waals surface area contributed by atoms with Crippen LogP contribution in [0.15, 0.2) is 9.98 Å². The molecule has 72 valence electrons. The molecular weight excluding hydrogens is 168 g/mol. The van der Waals surface area contributed by atoms with E-state index in [2.05, 4.69) is 9.98 Å². The van der Waals surface area contributed by atoms with Crippen LogP contribution in [0.1, 0.15) is 32.6 Å². The predicted molar refractivity (Wildman–Crippen MR) is 49.0 cm³/mol. The fraction of sp³-hybridized carbons (Fsp3) is 0.778. The molecule has 1 atom stereocenters. The third-order valence-corrected chi connectivity index (χ3v) is 1.73. The summed E-state index contributed by atoms with van der Waals surface area (Å²) in [5, 5.41) is 0. The highest BCUT2D eigenvalue weighted by Gasteiger charge is 2.04. The number of nitrogens with zero attached hydrogens (tertiary/aromatic N) is 2. The maximum Gasteiger partial charge on any atom is 0.235 e. The highest BCUT2D eigenvalue weighted by Crippen LogP contribution is 2.08. The Bertz CT molecular complexity index is 216. The van der Waals surface area contributed by atoms with Gasteiger partial charge >= 0.3 is 0 Å². The smallest absolute Gasteiger partial charge is 0.211 e. The van der Waals surface area contributed by atoms with Crippen LogP contribution in [0.2, 0.25) is 0 Å². The second-order valence-corrected chi connectivity index (χ2v) is 2.78. The molecule has 0 aromatic carbocycles. The van der Waals surface area contributed by atoms with Crippen LogP contribution in [0.25, 0.3) is 0 Å². The first-order valence-corrected chi connectivity index (χ1v) is 4.45. The summed E-state index contributed by atoms with van der Waals surface area (Å²) in [5.41, 5.74) is 0. The molecule has 0 N–H and O–H groups in total. The standard InChI is InChI=1S/C9H14N2O2/c1-2-4-9(11-8-13)5-3-6-10-7-12/h9H,2-6H2,1H3. The average molecular weight is 182 g/mol. The molecule has 0 saturated carbocycles. The van der Waals surface area contributed by atoms with Crippen molar-refractivity contribution in [1.82, 2.24) is 0 Å². The Labute approximate surface area is 77.8 Å². The van der Waals surface area contributed by atoms with Crippen molar-refractivity contribution in [2.45, 2.75) is 38.6 Å². The highest BCUT2D eigenvalue weighted by atomic mass is 16.1. The lowest BCUT2D eigenvalue weighted by atomic mass is 10.1. The predicted octanol–water partition coefficient (Wildman–Crippen LogP) is 1.61. The Hall–Kier alpha value is -1.24. The number of aliphatic imine (C=N–C) groups is 2. The fourth-order valence-corrected chi connectivity index (χ4v) is 1.13. The van der Waals surface area contributed by atoms with E-state index >= 15 is 0 Å². The van der Waals surface area contributed by atoms with Crippen molar-refractivity contribution in [2.24, 2.45) is 9.98 Å². The molecule has 0 bridgehead atoms. The van der Waals surface area contributed by atoms with Crippen LogP contribution in [-0.2, 0) is 9.59 Å². The van der Waals surface area contributed by atoms with Crippen LogP contribution < -0.4 is 0 Å². The second kappa shape index (κ2) is 8.85. The molecule has 0 radical (unpaired) electrons. The zero-order valence-electron chi connectivity index (χ0n) is 7.82. The van der Waals surface area contributed by atoms with Gasteiger partial charge in [0, 0.05) is 0 Å². The number of isocyanates is 2. The van der Waals surface area contributed by atoms with Crippen LogP contribution in [-0.4, -0.2) is 24.7 Å². The Morgan fingerprint density at radius 3 is 2.54 bits per heavy atom. The van der Waals surface area contributed by atoms with Gasteiger partial charge in [-0.15, -0.1) is 0 Å². The van der Waals surface area contributed by atoms with E-state index in [1.54, 1.807) is 6.08 Å². The monoisotopic (exact) mass is 182 g/mol. The third-order valence-electron chi connectivity index (χ3n) is 1.73. The minimum Gasteiger partial charge on any atom is -0.211 e. The Morgan fingerprint density at radius 1 is 1.23 bits per heavy atom. The fourth-order valence-electron chi connectivity index (χ4n) is 1.13. The van der Waals surface area contributed by atoms with Crippen LogP contribution in [0, 0.1) is 0 Å².